The van der Waals surface area contributed by atoms with Gasteiger partial charge in [-0.15, -0.1) is 0 Å². The third kappa shape index (κ3) is 3.12. The number of hydrogen-bond acceptors (Lipinski definition) is 5. The number of aromatic nitrogens is 1. The van der Waals surface area contributed by atoms with Gasteiger partial charge in [0.15, 0.2) is 0 Å². The van der Waals surface area contributed by atoms with Crippen LogP contribution in [0.15, 0.2) is 36.5 Å². The molecule has 1 aliphatic rings. The average Bonchev–Trinajstić information content (AvgIpc) is 3.01. The molecule has 3 rings (SSSR count). The van der Waals surface area contributed by atoms with Gasteiger partial charge >= 0.3 is 0 Å². The third-order valence-electron chi connectivity index (χ3n) is 3.56. The molecule has 21 heavy (non-hydrogen) atoms. The van der Waals surface area contributed by atoms with E-state index in [-0.39, 0.29) is 12.0 Å². The van der Waals surface area contributed by atoms with Gasteiger partial charge in [0.2, 0.25) is 0 Å². The van der Waals surface area contributed by atoms with Gasteiger partial charge in [0, 0.05) is 17.6 Å². The van der Waals surface area contributed by atoms with Crippen molar-refractivity contribution in [3.63, 3.8) is 0 Å². The van der Waals surface area contributed by atoms with Gasteiger partial charge in [-0.3, -0.25) is 15.2 Å². The van der Waals surface area contributed by atoms with Crippen molar-refractivity contribution < 1.29 is 14.3 Å². The van der Waals surface area contributed by atoms with Gasteiger partial charge in [0.05, 0.1) is 11.6 Å². The van der Waals surface area contributed by atoms with Crippen LogP contribution in [0.5, 0.6) is 5.75 Å². The second-order valence-corrected chi connectivity index (χ2v) is 5.00. The van der Waals surface area contributed by atoms with Gasteiger partial charge in [-0.1, -0.05) is 6.07 Å². The fourth-order valence-electron chi connectivity index (χ4n) is 2.44. The molecule has 1 fully saturated rings. The van der Waals surface area contributed by atoms with E-state index < -0.39 is 6.10 Å². The van der Waals surface area contributed by atoms with Gasteiger partial charge in [-0.05, 0) is 31.0 Å². The molecule has 0 aliphatic carbocycles. The molecule has 1 aromatic heterocycles. The fraction of sp³-hybridized carbons (Fsp3) is 0.333. The van der Waals surface area contributed by atoms with Crippen molar-refractivity contribution in [2.45, 2.75) is 25.0 Å². The molecule has 2 aromatic rings. The minimum atomic E-state index is -0.470. The Bertz CT molecular complexity index is 647. The van der Waals surface area contributed by atoms with Crippen molar-refractivity contribution in [2.24, 2.45) is 5.84 Å². The van der Waals surface area contributed by atoms with Crippen LogP contribution in [-0.4, -0.2) is 29.7 Å². The highest BCUT2D eigenvalue weighted by molar-refractivity contribution is 5.80. The van der Waals surface area contributed by atoms with Gasteiger partial charge in [0.1, 0.15) is 18.5 Å². The number of nitrogens with zero attached hydrogens (tertiary/aromatic N) is 1. The highest BCUT2D eigenvalue weighted by Gasteiger charge is 2.30. The highest BCUT2D eigenvalue weighted by Crippen LogP contribution is 2.23. The average molecular weight is 287 g/mol. The van der Waals surface area contributed by atoms with Crippen molar-refractivity contribution in [2.75, 3.05) is 6.61 Å². The van der Waals surface area contributed by atoms with Crippen LogP contribution < -0.4 is 16.0 Å². The minimum absolute atomic E-state index is 0.0910. The predicted octanol–water partition coefficient (Wildman–Crippen LogP) is 1.15. The van der Waals surface area contributed by atoms with E-state index in [1.165, 1.54) is 0 Å². The van der Waals surface area contributed by atoms with Crippen LogP contribution in [0.3, 0.4) is 0 Å². The molecule has 6 nitrogen and oxygen atoms in total. The first-order valence-corrected chi connectivity index (χ1v) is 6.90. The Morgan fingerprint density at radius 1 is 1.43 bits per heavy atom. The number of hydrazine groups is 1. The lowest BCUT2D eigenvalue weighted by molar-refractivity contribution is -0.132. The molecule has 2 heterocycles. The Hall–Kier alpha value is -2.18. The standard InChI is InChI=1S/C15H17N3O3/c16-18-15(19)14-6-5-12(21-14)9-20-11-4-3-10-2-1-7-17-13(10)8-11/h1-4,7-8,12,14H,5-6,9,16H2,(H,18,19). The molecule has 0 radical (unpaired) electrons. The van der Waals surface area contributed by atoms with Crippen molar-refractivity contribution >= 4 is 16.8 Å². The summed E-state index contributed by atoms with van der Waals surface area (Å²) < 4.78 is 11.3. The zero-order valence-electron chi connectivity index (χ0n) is 11.5. The molecule has 1 aromatic carbocycles. The molecule has 0 bridgehead atoms. The number of carbonyl (C=O) groups is 1. The summed E-state index contributed by atoms with van der Waals surface area (Å²) in [7, 11) is 0. The molecule has 1 aliphatic heterocycles. The molecule has 1 amide bonds. The summed E-state index contributed by atoms with van der Waals surface area (Å²) in [6.45, 7) is 0.409. The highest BCUT2D eigenvalue weighted by atomic mass is 16.5. The van der Waals surface area contributed by atoms with Crippen LogP contribution in [0.2, 0.25) is 0 Å². The molecule has 110 valence electrons. The quantitative estimate of drug-likeness (QED) is 0.500. The van der Waals surface area contributed by atoms with Gasteiger partial charge in [-0.2, -0.15) is 0 Å². The van der Waals surface area contributed by atoms with Crippen molar-refractivity contribution in [1.82, 2.24) is 10.4 Å². The topological polar surface area (TPSA) is 86.5 Å². The number of ether oxygens (including phenoxy) is 2. The van der Waals surface area contributed by atoms with Crippen molar-refractivity contribution in [3.8, 4) is 5.75 Å². The van der Waals surface area contributed by atoms with Crippen LogP contribution in [0.25, 0.3) is 10.9 Å². The predicted molar refractivity (Wildman–Crippen MR) is 77.5 cm³/mol. The van der Waals surface area contributed by atoms with E-state index in [9.17, 15) is 4.79 Å². The minimum Gasteiger partial charge on any atom is -0.491 e. The summed E-state index contributed by atoms with van der Waals surface area (Å²) in [6.07, 6.45) is 2.64. The SMILES string of the molecule is NNC(=O)C1CCC(COc2ccc3cccnc3c2)O1. The third-order valence-corrected chi connectivity index (χ3v) is 3.56. The number of nitrogens with one attached hydrogen (secondary N) is 1. The normalized spacial score (nSPS) is 21.4. The van der Waals surface area contributed by atoms with Gasteiger partial charge in [-0.25, -0.2) is 5.84 Å². The van der Waals surface area contributed by atoms with E-state index in [1.54, 1.807) is 6.20 Å². The zero-order valence-corrected chi connectivity index (χ0v) is 11.5. The first-order valence-electron chi connectivity index (χ1n) is 6.90. The Labute approximate surface area is 122 Å². The molecule has 0 spiro atoms. The molecule has 1 saturated heterocycles. The second kappa shape index (κ2) is 6.07. The number of benzene rings is 1. The van der Waals surface area contributed by atoms with E-state index in [2.05, 4.69) is 10.4 Å². The monoisotopic (exact) mass is 287 g/mol. The summed E-state index contributed by atoms with van der Waals surface area (Å²) in [5, 5.41) is 1.07. The Kier molecular flexibility index (Phi) is 3.98. The lowest BCUT2D eigenvalue weighted by atomic mass is 10.2. The lowest BCUT2D eigenvalue weighted by Crippen LogP contribution is -2.39. The maximum Gasteiger partial charge on any atom is 0.263 e. The maximum absolute atomic E-state index is 11.4. The molecule has 2 atom stereocenters. The van der Waals surface area contributed by atoms with Crippen LogP contribution in [-0.2, 0) is 9.53 Å². The number of carbonyl (C=O) groups excluding carboxylic acids is 1. The smallest absolute Gasteiger partial charge is 0.263 e. The van der Waals surface area contributed by atoms with Gasteiger partial charge in [0.25, 0.3) is 5.91 Å². The van der Waals surface area contributed by atoms with Crippen LogP contribution >= 0.6 is 0 Å². The molecule has 6 heteroatoms. The molecular weight excluding hydrogens is 270 g/mol. The Morgan fingerprint density at radius 3 is 3.19 bits per heavy atom. The second-order valence-electron chi connectivity index (χ2n) is 5.00. The Balaban J connectivity index is 1.58. The number of rotatable bonds is 4. The molecular formula is C15H17N3O3. The molecule has 2 unspecified atom stereocenters. The number of pyridine rings is 1. The maximum atomic E-state index is 11.4. The Morgan fingerprint density at radius 2 is 2.33 bits per heavy atom. The summed E-state index contributed by atoms with van der Waals surface area (Å²) in [6, 6.07) is 9.68. The first kappa shape index (κ1) is 13.8. The number of amides is 1. The van der Waals surface area contributed by atoms with E-state index >= 15 is 0 Å². The summed E-state index contributed by atoms with van der Waals surface area (Å²) in [4.78, 5) is 15.7. The van der Waals surface area contributed by atoms with E-state index in [4.69, 9.17) is 15.3 Å². The largest absolute Gasteiger partial charge is 0.491 e. The number of fused-ring (bicyclic) bond motifs is 1. The van der Waals surface area contributed by atoms with Crippen LogP contribution in [0.4, 0.5) is 0 Å². The first-order chi connectivity index (χ1) is 10.3. The number of nitrogens with two attached hydrogens (primary N) is 1. The van der Waals surface area contributed by atoms with E-state index in [0.29, 0.717) is 13.0 Å². The van der Waals surface area contributed by atoms with Crippen molar-refractivity contribution in [1.29, 1.82) is 0 Å². The summed E-state index contributed by atoms with van der Waals surface area (Å²) in [5.41, 5.74) is 3.00. The summed E-state index contributed by atoms with van der Waals surface area (Å²) >= 11 is 0. The fourth-order valence-corrected chi connectivity index (χ4v) is 2.44. The summed E-state index contributed by atoms with van der Waals surface area (Å²) in [5.74, 6) is 5.56. The van der Waals surface area contributed by atoms with Crippen LogP contribution in [0, 0.1) is 0 Å². The van der Waals surface area contributed by atoms with E-state index in [1.807, 2.05) is 30.3 Å². The zero-order chi connectivity index (χ0) is 14.7. The number of hydrogen-bond donors (Lipinski definition) is 2. The van der Waals surface area contributed by atoms with Crippen molar-refractivity contribution in [3.05, 3.63) is 36.5 Å². The molecule has 3 N–H and O–H groups in total. The van der Waals surface area contributed by atoms with Gasteiger partial charge < -0.3 is 9.47 Å². The lowest BCUT2D eigenvalue weighted by Gasteiger charge is -2.14. The van der Waals surface area contributed by atoms with E-state index in [0.717, 1.165) is 23.1 Å². The molecule has 0 saturated carbocycles. The van der Waals surface area contributed by atoms with Crippen LogP contribution in [0.1, 0.15) is 12.8 Å².